The number of hydrogen-bond donors (Lipinski definition) is 3. The molecule has 0 saturated heterocycles. The summed E-state index contributed by atoms with van der Waals surface area (Å²) in [6, 6.07) is 0. The van der Waals surface area contributed by atoms with E-state index in [-0.39, 0.29) is 5.84 Å². The highest BCUT2D eigenvalue weighted by atomic mass is 16.4. The molecular weight excluding hydrogens is 196 g/mol. The summed E-state index contributed by atoms with van der Waals surface area (Å²) in [6.07, 6.45) is 0.495. The highest BCUT2D eigenvalue weighted by Crippen LogP contribution is 2.07. The number of hydrogen-bond acceptors (Lipinski definition) is 5. The maximum atomic E-state index is 8.30. The summed E-state index contributed by atoms with van der Waals surface area (Å²) >= 11 is 0. The van der Waals surface area contributed by atoms with Crippen LogP contribution >= 0.6 is 0 Å². The minimum absolute atomic E-state index is 0.210. The largest absolute Gasteiger partial charge is 0.444 e. The molecule has 0 aliphatic carbocycles. The monoisotopic (exact) mass is 212 g/mol. The van der Waals surface area contributed by atoms with Gasteiger partial charge in [0.25, 0.3) is 0 Å². The van der Waals surface area contributed by atoms with E-state index in [1.807, 2.05) is 13.8 Å². The molecule has 6 heteroatoms. The Morgan fingerprint density at radius 3 is 2.87 bits per heavy atom. The van der Waals surface area contributed by atoms with Gasteiger partial charge in [-0.25, -0.2) is 4.98 Å². The molecule has 0 amide bonds. The Labute approximate surface area is 88.2 Å². The minimum atomic E-state index is 0.210. The smallest absolute Gasteiger partial charge is 0.208 e. The number of amidine groups is 1. The van der Waals surface area contributed by atoms with E-state index in [1.54, 1.807) is 0 Å². The quantitative estimate of drug-likeness (QED) is 0.217. The minimum Gasteiger partial charge on any atom is -0.444 e. The van der Waals surface area contributed by atoms with Crippen LogP contribution in [0.4, 0.5) is 0 Å². The van der Waals surface area contributed by atoms with E-state index in [9.17, 15) is 0 Å². The Morgan fingerprint density at radius 2 is 2.33 bits per heavy atom. The van der Waals surface area contributed by atoms with Crippen molar-refractivity contribution in [1.29, 1.82) is 0 Å². The van der Waals surface area contributed by atoms with Gasteiger partial charge < -0.3 is 20.7 Å². The average Bonchev–Trinajstić information content (AvgIpc) is 2.53. The van der Waals surface area contributed by atoms with Crippen LogP contribution in [0.3, 0.4) is 0 Å². The van der Waals surface area contributed by atoms with Gasteiger partial charge in [-0.3, -0.25) is 0 Å². The van der Waals surface area contributed by atoms with Crippen LogP contribution in [-0.4, -0.2) is 22.6 Å². The summed E-state index contributed by atoms with van der Waals surface area (Å²) in [7, 11) is 0. The molecule has 1 aromatic heterocycles. The molecule has 4 N–H and O–H groups in total. The molecule has 0 radical (unpaired) electrons. The van der Waals surface area contributed by atoms with Gasteiger partial charge in [0.05, 0.1) is 12.2 Å². The number of nitrogens with one attached hydrogen (secondary N) is 1. The molecule has 0 aliphatic heterocycles. The molecule has 0 saturated carbocycles. The first kappa shape index (κ1) is 11.5. The molecule has 6 nitrogen and oxygen atoms in total. The van der Waals surface area contributed by atoms with Crippen LogP contribution < -0.4 is 11.1 Å². The molecule has 1 aromatic rings. The van der Waals surface area contributed by atoms with E-state index in [4.69, 9.17) is 15.4 Å². The lowest BCUT2D eigenvalue weighted by molar-refractivity contribution is 0.316. The van der Waals surface area contributed by atoms with E-state index < -0.39 is 0 Å². The highest BCUT2D eigenvalue weighted by molar-refractivity contribution is 5.79. The second-order valence-electron chi connectivity index (χ2n) is 3.27. The van der Waals surface area contributed by atoms with Crippen molar-refractivity contribution in [2.45, 2.75) is 26.8 Å². The van der Waals surface area contributed by atoms with Gasteiger partial charge in [0.2, 0.25) is 5.89 Å². The van der Waals surface area contributed by atoms with Gasteiger partial charge >= 0.3 is 0 Å². The third-order valence-corrected chi connectivity index (χ3v) is 2.04. The molecule has 1 heterocycles. The molecule has 0 fully saturated rings. The molecule has 0 unspecified atom stereocenters. The van der Waals surface area contributed by atoms with E-state index in [0.29, 0.717) is 25.4 Å². The fourth-order valence-electron chi connectivity index (χ4n) is 1.08. The second-order valence-corrected chi connectivity index (χ2v) is 3.27. The van der Waals surface area contributed by atoms with Crippen LogP contribution in [0.25, 0.3) is 0 Å². The van der Waals surface area contributed by atoms with E-state index in [0.717, 1.165) is 11.5 Å². The van der Waals surface area contributed by atoms with Gasteiger partial charge in [-0.2, -0.15) is 0 Å². The van der Waals surface area contributed by atoms with Crippen LogP contribution in [0.5, 0.6) is 0 Å². The van der Waals surface area contributed by atoms with Crippen LogP contribution in [0, 0.1) is 13.8 Å². The van der Waals surface area contributed by atoms with Crippen molar-refractivity contribution >= 4 is 5.84 Å². The predicted octanol–water partition coefficient (Wildman–Crippen LogP) is 0.518. The van der Waals surface area contributed by atoms with Crippen molar-refractivity contribution in [2.24, 2.45) is 10.9 Å². The SMILES string of the molecule is Cc1nc(CNCCC(N)=NO)oc1C. The number of rotatable bonds is 5. The van der Waals surface area contributed by atoms with Crippen molar-refractivity contribution in [1.82, 2.24) is 10.3 Å². The standard InChI is InChI=1S/C9H16N4O2/c1-6-7(2)15-9(12-6)5-11-4-3-8(10)13-14/h11,14H,3-5H2,1-2H3,(H2,10,13). The van der Waals surface area contributed by atoms with Crippen molar-refractivity contribution < 1.29 is 9.62 Å². The van der Waals surface area contributed by atoms with Crippen LogP contribution in [-0.2, 0) is 6.54 Å². The van der Waals surface area contributed by atoms with E-state index >= 15 is 0 Å². The Balaban J connectivity index is 2.26. The summed E-state index contributed by atoms with van der Waals surface area (Å²) in [5, 5.41) is 14.2. The van der Waals surface area contributed by atoms with Gasteiger partial charge in [0, 0.05) is 13.0 Å². The fraction of sp³-hybridized carbons (Fsp3) is 0.556. The molecule has 15 heavy (non-hydrogen) atoms. The molecule has 0 aliphatic rings. The Kier molecular flexibility index (Phi) is 4.11. The van der Waals surface area contributed by atoms with Crippen molar-refractivity contribution in [3.63, 3.8) is 0 Å². The summed E-state index contributed by atoms with van der Waals surface area (Å²) < 4.78 is 5.36. The van der Waals surface area contributed by atoms with Crippen molar-refractivity contribution in [2.75, 3.05) is 6.54 Å². The van der Waals surface area contributed by atoms with E-state index in [1.165, 1.54) is 0 Å². The number of oxime groups is 1. The zero-order chi connectivity index (χ0) is 11.3. The number of oxazole rings is 1. The number of aromatic nitrogens is 1. The van der Waals surface area contributed by atoms with Crippen LogP contribution in [0.2, 0.25) is 0 Å². The Bertz CT molecular complexity index is 326. The second kappa shape index (κ2) is 5.35. The normalized spacial score (nSPS) is 12.0. The molecule has 0 spiro atoms. The maximum Gasteiger partial charge on any atom is 0.208 e. The number of nitrogens with zero attached hydrogens (tertiary/aromatic N) is 2. The first-order valence-corrected chi connectivity index (χ1v) is 4.73. The zero-order valence-electron chi connectivity index (χ0n) is 8.95. The van der Waals surface area contributed by atoms with Gasteiger partial charge in [0.1, 0.15) is 11.6 Å². The zero-order valence-corrected chi connectivity index (χ0v) is 8.95. The molecule has 0 atom stereocenters. The average molecular weight is 212 g/mol. The fourth-order valence-corrected chi connectivity index (χ4v) is 1.08. The first-order valence-electron chi connectivity index (χ1n) is 4.73. The van der Waals surface area contributed by atoms with E-state index in [2.05, 4.69) is 15.5 Å². The van der Waals surface area contributed by atoms with Gasteiger partial charge in [-0.1, -0.05) is 5.16 Å². The lowest BCUT2D eigenvalue weighted by Crippen LogP contribution is -2.22. The summed E-state index contributed by atoms with van der Waals surface area (Å²) in [6.45, 7) is 4.95. The lowest BCUT2D eigenvalue weighted by atomic mass is 10.4. The van der Waals surface area contributed by atoms with Gasteiger partial charge in [-0.15, -0.1) is 0 Å². The van der Waals surface area contributed by atoms with Crippen LogP contribution in [0.15, 0.2) is 9.57 Å². The molecule has 1 rings (SSSR count). The molecule has 84 valence electrons. The topological polar surface area (TPSA) is 96.7 Å². The van der Waals surface area contributed by atoms with Crippen molar-refractivity contribution in [3.05, 3.63) is 17.3 Å². The third-order valence-electron chi connectivity index (χ3n) is 2.04. The van der Waals surface area contributed by atoms with Crippen molar-refractivity contribution in [3.8, 4) is 0 Å². The summed E-state index contributed by atoms with van der Waals surface area (Å²) in [5.74, 6) is 1.70. The molecular formula is C9H16N4O2. The molecule has 0 aromatic carbocycles. The van der Waals surface area contributed by atoms with Crippen LogP contribution in [0.1, 0.15) is 23.8 Å². The maximum absolute atomic E-state index is 8.30. The third kappa shape index (κ3) is 3.59. The van der Waals surface area contributed by atoms with Gasteiger partial charge in [0.15, 0.2) is 0 Å². The highest BCUT2D eigenvalue weighted by Gasteiger charge is 2.04. The molecule has 0 bridgehead atoms. The Morgan fingerprint density at radius 1 is 1.60 bits per heavy atom. The number of aryl methyl sites for hydroxylation is 2. The lowest BCUT2D eigenvalue weighted by Gasteiger charge is -2.00. The first-order chi connectivity index (χ1) is 7.13. The Hall–Kier alpha value is -1.56. The predicted molar refractivity (Wildman–Crippen MR) is 55.7 cm³/mol. The number of nitrogens with two attached hydrogens (primary N) is 1. The summed E-state index contributed by atoms with van der Waals surface area (Å²) in [4.78, 5) is 4.21. The van der Waals surface area contributed by atoms with Gasteiger partial charge in [-0.05, 0) is 13.8 Å². The summed E-state index contributed by atoms with van der Waals surface area (Å²) in [5.41, 5.74) is 6.21.